The normalized spacial score (nSPS) is 9.75. The standard InChI is InChI=1S/C12H11N3S/c13-12(16)15(10-5-2-1-3-6-10)11-7-4-8-14-9-11/h1-9H,(H2,13,16). The minimum Gasteiger partial charge on any atom is -0.376 e. The Hall–Kier alpha value is -1.94. The van der Waals surface area contributed by atoms with Gasteiger partial charge in [0.05, 0.1) is 11.9 Å². The van der Waals surface area contributed by atoms with E-state index in [1.165, 1.54) is 0 Å². The lowest BCUT2D eigenvalue weighted by Gasteiger charge is -2.22. The van der Waals surface area contributed by atoms with E-state index in [1.54, 1.807) is 17.3 Å². The van der Waals surface area contributed by atoms with Gasteiger partial charge in [-0.25, -0.2) is 0 Å². The van der Waals surface area contributed by atoms with Crippen molar-refractivity contribution in [2.24, 2.45) is 5.73 Å². The lowest BCUT2D eigenvalue weighted by Crippen LogP contribution is -2.31. The van der Waals surface area contributed by atoms with E-state index in [4.69, 9.17) is 18.0 Å². The van der Waals surface area contributed by atoms with Gasteiger partial charge in [-0.15, -0.1) is 0 Å². The molecule has 2 aromatic rings. The van der Waals surface area contributed by atoms with Gasteiger partial charge in [-0.05, 0) is 36.5 Å². The molecule has 0 saturated carbocycles. The van der Waals surface area contributed by atoms with Crippen LogP contribution in [0.25, 0.3) is 0 Å². The van der Waals surface area contributed by atoms with Crippen LogP contribution in [0.5, 0.6) is 0 Å². The molecule has 0 saturated heterocycles. The zero-order chi connectivity index (χ0) is 11.4. The highest BCUT2D eigenvalue weighted by molar-refractivity contribution is 7.80. The Morgan fingerprint density at radius 2 is 1.75 bits per heavy atom. The van der Waals surface area contributed by atoms with Crippen molar-refractivity contribution in [2.75, 3.05) is 4.90 Å². The van der Waals surface area contributed by atoms with Gasteiger partial charge >= 0.3 is 0 Å². The minimum atomic E-state index is 0.305. The number of hydrogen-bond donors (Lipinski definition) is 1. The first-order valence-electron chi connectivity index (χ1n) is 4.83. The van der Waals surface area contributed by atoms with Crippen LogP contribution in [0.1, 0.15) is 0 Å². The molecule has 0 aliphatic heterocycles. The smallest absolute Gasteiger partial charge is 0.175 e. The van der Waals surface area contributed by atoms with E-state index in [0.29, 0.717) is 5.11 Å². The first-order chi connectivity index (χ1) is 7.79. The SMILES string of the molecule is NC(=S)N(c1ccccc1)c1cccnc1. The number of benzene rings is 1. The molecule has 1 aromatic carbocycles. The molecular formula is C12H11N3S. The lowest BCUT2D eigenvalue weighted by atomic mass is 10.2. The highest BCUT2D eigenvalue weighted by atomic mass is 32.1. The minimum absolute atomic E-state index is 0.305. The third kappa shape index (κ3) is 2.17. The second-order valence-corrected chi connectivity index (χ2v) is 3.64. The zero-order valence-electron chi connectivity index (χ0n) is 8.58. The molecule has 80 valence electrons. The second-order valence-electron chi connectivity index (χ2n) is 3.22. The number of rotatable bonds is 2. The molecule has 0 radical (unpaired) electrons. The Kier molecular flexibility index (Phi) is 3.12. The average Bonchev–Trinajstić information content (AvgIpc) is 2.31. The Bertz CT molecular complexity index is 431. The van der Waals surface area contributed by atoms with Gasteiger partial charge in [0.25, 0.3) is 0 Å². The second kappa shape index (κ2) is 4.72. The van der Waals surface area contributed by atoms with Crippen LogP contribution >= 0.6 is 12.2 Å². The number of aromatic nitrogens is 1. The van der Waals surface area contributed by atoms with Crippen LogP contribution in [0.3, 0.4) is 0 Å². The summed E-state index contributed by atoms with van der Waals surface area (Å²) < 4.78 is 0. The quantitative estimate of drug-likeness (QED) is 0.803. The highest BCUT2D eigenvalue weighted by Crippen LogP contribution is 2.23. The fourth-order valence-corrected chi connectivity index (χ4v) is 1.68. The van der Waals surface area contributed by atoms with Crippen molar-refractivity contribution in [2.45, 2.75) is 0 Å². The predicted octanol–water partition coefficient (Wildman–Crippen LogP) is 2.46. The summed E-state index contributed by atoms with van der Waals surface area (Å²) in [6.07, 6.45) is 3.44. The molecule has 1 aromatic heterocycles. The maximum Gasteiger partial charge on any atom is 0.175 e. The first-order valence-corrected chi connectivity index (χ1v) is 5.24. The predicted molar refractivity (Wildman–Crippen MR) is 69.6 cm³/mol. The summed E-state index contributed by atoms with van der Waals surface area (Å²) >= 11 is 5.06. The largest absolute Gasteiger partial charge is 0.376 e. The van der Waals surface area contributed by atoms with Crippen LogP contribution in [0.15, 0.2) is 54.9 Å². The van der Waals surface area contributed by atoms with E-state index in [-0.39, 0.29) is 0 Å². The van der Waals surface area contributed by atoms with Gasteiger partial charge in [0.1, 0.15) is 0 Å². The van der Waals surface area contributed by atoms with Gasteiger partial charge in [0, 0.05) is 11.9 Å². The molecule has 2 rings (SSSR count). The number of hydrogen-bond acceptors (Lipinski definition) is 2. The number of nitrogens with zero attached hydrogens (tertiary/aromatic N) is 2. The molecule has 0 amide bonds. The number of nitrogens with two attached hydrogens (primary N) is 1. The van der Waals surface area contributed by atoms with Crippen LogP contribution in [0.4, 0.5) is 11.4 Å². The molecule has 3 nitrogen and oxygen atoms in total. The molecule has 4 heteroatoms. The molecular weight excluding hydrogens is 218 g/mol. The summed E-state index contributed by atoms with van der Waals surface area (Å²) in [5.41, 5.74) is 7.53. The summed E-state index contributed by atoms with van der Waals surface area (Å²) in [6.45, 7) is 0. The molecule has 0 spiro atoms. The number of thiocarbonyl (C=S) groups is 1. The van der Waals surface area contributed by atoms with Gasteiger partial charge in [-0.3, -0.25) is 9.88 Å². The van der Waals surface area contributed by atoms with Gasteiger partial charge in [-0.2, -0.15) is 0 Å². The number of para-hydroxylation sites is 1. The van der Waals surface area contributed by atoms with Crippen LogP contribution in [-0.2, 0) is 0 Å². The average molecular weight is 229 g/mol. The monoisotopic (exact) mass is 229 g/mol. The summed E-state index contributed by atoms with van der Waals surface area (Å²) in [4.78, 5) is 5.84. The highest BCUT2D eigenvalue weighted by Gasteiger charge is 2.10. The summed E-state index contributed by atoms with van der Waals surface area (Å²) in [7, 11) is 0. The molecule has 0 atom stereocenters. The van der Waals surface area contributed by atoms with Crippen molar-refractivity contribution in [3.8, 4) is 0 Å². The Morgan fingerprint density at radius 3 is 2.31 bits per heavy atom. The summed E-state index contributed by atoms with van der Waals surface area (Å²) in [6, 6.07) is 13.5. The van der Waals surface area contributed by atoms with Gasteiger partial charge in [0.15, 0.2) is 5.11 Å². The third-order valence-corrected chi connectivity index (χ3v) is 2.32. The molecule has 0 aliphatic rings. The Morgan fingerprint density at radius 1 is 1.06 bits per heavy atom. The van der Waals surface area contributed by atoms with E-state index in [9.17, 15) is 0 Å². The molecule has 16 heavy (non-hydrogen) atoms. The van der Waals surface area contributed by atoms with Crippen LogP contribution < -0.4 is 10.6 Å². The Labute approximate surface area is 99.5 Å². The number of anilines is 2. The summed E-state index contributed by atoms with van der Waals surface area (Å²) in [5, 5.41) is 0.305. The molecule has 0 fully saturated rings. The van der Waals surface area contributed by atoms with Crippen molar-refractivity contribution in [1.29, 1.82) is 0 Å². The van der Waals surface area contributed by atoms with Crippen LogP contribution in [0, 0.1) is 0 Å². The van der Waals surface area contributed by atoms with E-state index in [0.717, 1.165) is 11.4 Å². The topological polar surface area (TPSA) is 42.1 Å². The van der Waals surface area contributed by atoms with Crippen molar-refractivity contribution in [3.05, 3.63) is 54.9 Å². The van der Waals surface area contributed by atoms with E-state index >= 15 is 0 Å². The number of pyridine rings is 1. The molecule has 1 heterocycles. The van der Waals surface area contributed by atoms with Crippen LogP contribution in [0.2, 0.25) is 0 Å². The maximum absolute atomic E-state index is 5.73. The van der Waals surface area contributed by atoms with Gasteiger partial charge < -0.3 is 5.73 Å². The maximum atomic E-state index is 5.73. The van der Waals surface area contributed by atoms with E-state index < -0.39 is 0 Å². The first kappa shape index (κ1) is 10.6. The van der Waals surface area contributed by atoms with E-state index in [1.807, 2.05) is 42.5 Å². The van der Waals surface area contributed by atoms with Crippen molar-refractivity contribution in [3.63, 3.8) is 0 Å². The fourth-order valence-electron chi connectivity index (χ4n) is 1.47. The van der Waals surface area contributed by atoms with Gasteiger partial charge in [0.2, 0.25) is 0 Å². The molecule has 0 unspecified atom stereocenters. The van der Waals surface area contributed by atoms with Crippen molar-refractivity contribution in [1.82, 2.24) is 4.98 Å². The van der Waals surface area contributed by atoms with Crippen LogP contribution in [-0.4, -0.2) is 10.1 Å². The summed E-state index contributed by atoms with van der Waals surface area (Å²) in [5.74, 6) is 0. The zero-order valence-corrected chi connectivity index (χ0v) is 9.39. The van der Waals surface area contributed by atoms with E-state index in [2.05, 4.69) is 4.98 Å². The molecule has 0 aliphatic carbocycles. The van der Waals surface area contributed by atoms with Gasteiger partial charge in [-0.1, -0.05) is 18.2 Å². The fraction of sp³-hybridized carbons (Fsp3) is 0. The van der Waals surface area contributed by atoms with Crippen molar-refractivity contribution < 1.29 is 0 Å². The van der Waals surface area contributed by atoms with Crippen molar-refractivity contribution >= 4 is 28.7 Å². The molecule has 2 N–H and O–H groups in total. The third-order valence-electron chi connectivity index (χ3n) is 2.14. The molecule has 0 bridgehead atoms. The Balaban J connectivity index is 2.44. The lowest BCUT2D eigenvalue weighted by molar-refractivity contribution is 1.26.